The molecular weight excluding hydrogens is 224 g/mol. The van der Waals surface area contributed by atoms with Crippen LogP contribution in [0.4, 0.5) is 0 Å². The van der Waals surface area contributed by atoms with Gasteiger partial charge in [-0.3, -0.25) is 4.40 Å². The van der Waals surface area contributed by atoms with E-state index in [1.807, 2.05) is 0 Å². The molecule has 3 heterocycles. The van der Waals surface area contributed by atoms with Gasteiger partial charge in [0.15, 0.2) is 5.65 Å². The summed E-state index contributed by atoms with van der Waals surface area (Å²) >= 11 is 0. The van der Waals surface area contributed by atoms with Gasteiger partial charge in [0.05, 0.1) is 0 Å². The SMILES string of the molecule is CCCC1(c2nnc3cc(C)ccn23)CCNC1. The Balaban J connectivity index is 2.12. The van der Waals surface area contributed by atoms with Crippen molar-refractivity contribution in [2.75, 3.05) is 13.1 Å². The first-order valence-electron chi connectivity index (χ1n) is 6.78. The van der Waals surface area contributed by atoms with Crippen molar-refractivity contribution in [3.8, 4) is 0 Å². The Hall–Kier alpha value is -1.42. The summed E-state index contributed by atoms with van der Waals surface area (Å²) in [6.45, 7) is 6.44. The Labute approximate surface area is 107 Å². The van der Waals surface area contributed by atoms with Crippen molar-refractivity contribution >= 4 is 5.65 Å². The number of nitrogens with zero attached hydrogens (tertiary/aromatic N) is 3. The molecule has 96 valence electrons. The Kier molecular flexibility index (Phi) is 2.82. The van der Waals surface area contributed by atoms with Crippen LogP contribution >= 0.6 is 0 Å². The zero-order valence-corrected chi connectivity index (χ0v) is 11.1. The zero-order valence-electron chi connectivity index (χ0n) is 11.1. The highest BCUT2D eigenvalue weighted by Gasteiger charge is 2.38. The first kappa shape index (κ1) is 11.7. The van der Waals surface area contributed by atoms with Crippen LogP contribution in [0.15, 0.2) is 18.3 Å². The third-order valence-corrected chi connectivity index (χ3v) is 4.01. The fourth-order valence-electron chi connectivity index (χ4n) is 3.09. The summed E-state index contributed by atoms with van der Waals surface area (Å²) in [7, 11) is 0. The van der Waals surface area contributed by atoms with Gasteiger partial charge in [0.1, 0.15) is 5.82 Å². The van der Waals surface area contributed by atoms with Gasteiger partial charge in [0, 0.05) is 18.2 Å². The summed E-state index contributed by atoms with van der Waals surface area (Å²) in [5.41, 5.74) is 2.37. The minimum atomic E-state index is 0.170. The highest BCUT2D eigenvalue weighted by atomic mass is 15.3. The molecule has 1 atom stereocenters. The second-order valence-electron chi connectivity index (χ2n) is 5.41. The van der Waals surface area contributed by atoms with Crippen LogP contribution in [0, 0.1) is 6.92 Å². The molecule has 2 aromatic rings. The number of hydrogen-bond acceptors (Lipinski definition) is 3. The summed E-state index contributed by atoms with van der Waals surface area (Å²) < 4.78 is 2.16. The highest BCUT2D eigenvalue weighted by molar-refractivity contribution is 5.42. The van der Waals surface area contributed by atoms with Gasteiger partial charge in [-0.05, 0) is 44.0 Å². The van der Waals surface area contributed by atoms with Crippen LogP contribution in [0.3, 0.4) is 0 Å². The predicted octanol–water partition coefficient (Wildman–Crippen LogP) is 2.07. The van der Waals surface area contributed by atoms with Gasteiger partial charge < -0.3 is 5.32 Å². The van der Waals surface area contributed by atoms with Crippen LogP contribution < -0.4 is 5.32 Å². The van der Waals surface area contributed by atoms with Crippen LogP contribution in [0.1, 0.15) is 37.6 Å². The molecule has 1 aliphatic heterocycles. The average molecular weight is 244 g/mol. The smallest absolute Gasteiger partial charge is 0.161 e. The second-order valence-corrected chi connectivity index (χ2v) is 5.41. The van der Waals surface area contributed by atoms with Gasteiger partial charge in [-0.15, -0.1) is 10.2 Å². The van der Waals surface area contributed by atoms with Gasteiger partial charge in [0.2, 0.25) is 0 Å². The molecule has 1 fully saturated rings. The summed E-state index contributed by atoms with van der Waals surface area (Å²) in [4.78, 5) is 0. The fourth-order valence-corrected chi connectivity index (χ4v) is 3.09. The van der Waals surface area contributed by atoms with Crippen LogP contribution in [0.2, 0.25) is 0 Å². The van der Waals surface area contributed by atoms with Gasteiger partial charge in [-0.25, -0.2) is 0 Å². The number of hydrogen-bond donors (Lipinski definition) is 1. The molecule has 0 radical (unpaired) electrons. The molecule has 4 nitrogen and oxygen atoms in total. The molecule has 0 aromatic carbocycles. The van der Waals surface area contributed by atoms with E-state index in [1.54, 1.807) is 0 Å². The molecule has 4 heteroatoms. The lowest BCUT2D eigenvalue weighted by atomic mass is 9.81. The third-order valence-electron chi connectivity index (χ3n) is 4.01. The van der Waals surface area contributed by atoms with Gasteiger partial charge in [-0.2, -0.15) is 0 Å². The van der Waals surface area contributed by atoms with E-state index in [1.165, 1.54) is 18.4 Å². The molecule has 1 saturated heterocycles. The molecule has 0 spiro atoms. The maximum atomic E-state index is 4.48. The van der Waals surface area contributed by atoms with Crippen molar-refractivity contribution in [2.45, 2.75) is 38.5 Å². The molecule has 0 bridgehead atoms. The third kappa shape index (κ3) is 1.72. The normalized spacial score (nSPS) is 23.9. The number of rotatable bonds is 3. The molecule has 1 unspecified atom stereocenters. The van der Waals surface area contributed by atoms with Crippen LogP contribution in [-0.4, -0.2) is 27.7 Å². The minimum absolute atomic E-state index is 0.170. The number of pyridine rings is 1. The number of aromatic nitrogens is 3. The number of aryl methyl sites for hydroxylation is 1. The van der Waals surface area contributed by atoms with E-state index in [4.69, 9.17) is 0 Å². The fraction of sp³-hybridized carbons (Fsp3) is 0.571. The Morgan fingerprint density at radius 1 is 1.44 bits per heavy atom. The summed E-state index contributed by atoms with van der Waals surface area (Å²) in [5, 5.41) is 12.3. The van der Waals surface area contributed by atoms with Crippen LogP contribution in [0.5, 0.6) is 0 Å². The Bertz CT molecular complexity index is 552. The van der Waals surface area contributed by atoms with Crippen LogP contribution in [-0.2, 0) is 5.41 Å². The molecular formula is C14H20N4. The van der Waals surface area contributed by atoms with Crippen molar-refractivity contribution in [3.05, 3.63) is 29.7 Å². The van der Waals surface area contributed by atoms with E-state index >= 15 is 0 Å². The lowest BCUT2D eigenvalue weighted by Gasteiger charge is -2.25. The predicted molar refractivity (Wildman–Crippen MR) is 71.8 cm³/mol. The standard InChI is InChI=1S/C14H20N4/c1-3-5-14(6-7-15-10-14)13-17-16-12-9-11(2)4-8-18(12)13/h4,8-9,15H,3,5-7,10H2,1-2H3. The second kappa shape index (κ2) is 4.35. The highest BCUT2D eigenvalue weighted by Crippen LogP contribution is 2.34. The molecule has 18 heavy (non-hydrogen) atoms. The van der Waals surface area contributed by atoms with E-state index < -0.39 is 0 Å². The quantitative estimate of drug-likeness (QED) is 0.898. The van der Waals surface area contributed by atoms with E-state index in [-0.39, 0.29) is 5.41 Å². The minimum Gasteiger partial charge on any atom is -0.316 e. The molecule has 0 aliphatic carbocycles. The molecule has 2 aromatic heterocycles. The largest absolute Gasteiger partial charge is 0.316 e. The monoisotopic (exact) mass is 244 g/mol. The van der Waals surface area contributed by atoms with Gasteiger partial charge >= 0.3 is 0 Å². The van der Waals surface area contributed by atoms with Gasteiger partial charge in [0.25, 0.3) is 0 Å². The summed E-state index contributed by atoms with van der Waals surface area (Å²) in [5.74, 6) is 1.13. The molecule has 0 saturated carbocycles. The number of fused-ring (bicyclic) bond motifs is 1. The zero-order chi connectivity index (χ0) is 12.6. The molecule has 1 aliphatic rings. The topological polar surface area (TPSA) is 42.2 Å². The summed E-state index contributed by atoms with van der Waals surface area (Å²) in [6, 6.07) is 4.22. The van der Waals surface area contributed by atoms with E-state index in [0.29, 0.717) is 0 Å². The lowest BCUT2D eigenvalue weighted by Crippen LogP contribution is -2.31. The van der Waals surface area contributed by atoms with Crippen molar-refractivity contribution < 1.29 is 0 Å². The van der Waals surface area contributed by atoms with Crippen molar-refractivity contribution in [1.82, 2.24) is 19.9 Å². The molecule has 0 amide bonds. The van der Waals surface area contributed by atoms with Gasteiger partial charge in [-0.1, -0.05) is 13.3 Å². The van der Waals surface area contributed by atoms with Crippen LogP contribution in [0.25, 0.3) is 5.65 Å². The van der Waals surface area contributed by atoms with Crippen molar-refractivity contribution in [2.24, 2.45) is 0 Å². The van der Waals surface area contributed by atoms with E-state index in [0.717, 1.165) is 31.0 Å². The first-order valence-corrected chi connectivity index (χ1v) is 6.78. The van der Waals surface area contributed by atoms with Crippen molar-refractivity contribution in [1.29, 1.82) is 0 Å². The first-order chi connectivity index (χ1) is 8.75. The number of nitrogens with one attached hydrogen (secondary N) is 1. The summed E-state index contributed by atoms with van der Waals surface area (Å²) in [6.07, 6.45) is 5.63. The average Bonchev–Trinajstić information content (AvgIpc) is 2.96. The van der Waals surface area contributed by atoms with E-state index in [9.17, 15) is 0 Å². The maximum absolute atomic E-state index is 4.48. The molecule has 3 rings (SSSR count). The van der Waals surface area contributed by atoms with Crippen molar-refractivity contribution in [3.63, 3.8) is 0 Å². The maximum Gasteiger partial charge on any atom is 0.161 e. The Morgan fingerprint density at radius 3 is 3.06 bits per heavy atom. The van der Waals surface area contributed by atoms with E-state index in [2.05, 4.69) is 52.1 Å². The lowest BCUT2D eigenvalue weighted by molar-refractivity contribution is 0.398. The Morgan fingerprint density at radius 2 is 2.33 bits per heavy atom. The molecule has 1 N–H and O–H groups in total.